The predicted molar refractivity (Wildman–Crippen MR) is 142 cm³/mol. The van der Waals surface area contributed by atoms with Crippen molar-refractivity contribution in [3.63, 3.8) is 0 Å². The van der Waals surface area contributed by atoms with Crippen LogP contribution in [0.15, 0.2) is 60.7 Å². The molecule has 1 spiro atoms. The number of likely N-dealkylation sites (tertiary alicyclic amines) is 1. The lowest BCUT2D eigenvalue weighted by Crippen LogP contribution is -2.53. The van der Waals surface area contributed by atoms with Gasteiger partial charge in [-0.25, -0.2) is 0 Å². The number of amides is 2. The molecule has 2 aromatic rings. The van der Waals surface area contributed by atoms with Crippen LogP contribution in [0.4, 0.5) is 5.69 Å². The SMILES string of the molecule is C=CCOc1ccc(C(O)=C2C(=O)C(=O)N(CCN(C)C)[C@]23C(=O)N(CCC)c2ccccc23)cc1C. The van der Waals surface area contributed by atoms with Gasteiger partial charge in [-0.05, 0) is 57.3 Å². The molecule has 194 valence electrons. The molecular formula is C29H33N3O5. The maximum Gasteiger partial charge on any atom is 0.296 e. The van der Waals surface area contributed by atoms with E-state index in [1.165, 1.54) is 4.90 Å². The van der Waals surface area contributed by atoms with Crippen molar-refractivity contribution in [3.05, 3.63) is 77.4 Å². The molecule has 8 heteroatoms. The number of para-hydroxylation sites is 1. The van der Waals surface area contributed by atoms with Crippen LogP contribution >= 0.6 is 0 Å². The number of likely N-dealkylation sites (N-methyl/N-ethyl adjacent to an activating group) is 1. The number of ketones is 1. The first-order chi connectivity index (χ1) is 17.7. The van der Waals surface area contributed by atoms with Crippen LogP contribution in [0, 0.1) is 6.92 Å². The number of benzene rings is 2. The zero-order valence-electron chi connectivity index (χ0n) is 21.8. The highest BCUT2D eigenvalue weighted by Crippen LogP contribution is 2.53. The Hall–Kier alpha value is -3.91. The minimum Gasteiger partial charge on any atom is -0.507 e. The quantitative estimate of drug-likeness (QED) is 0.244. The van der Waals surface area contributed by atoms with Gasteiger partial charge in [0, 0.05) is 30.8 Å². The topological polar surface area (TPSA) is 90.4 Å². The first-order valence-corrected chi connectivity index (χ1v) is 12.4. The molecule has 2 amide bonds. The summed E-state index contributed by atoms with van der Waals surface area (Å²) in [5.41, 5.74) is 0.273. The van der Waals surface area contributed by atoms with Crippen molar-refractivity contribution >= 4 is 29.0 Å². The summed E-state index contributed by atoms with van der Waals surface area (Å²) >= 11 is 0. The molecule has 2 heterocycles. The van der Waals surface area contributed by atoms with Crippen molar-refractivity contribution in [1.29, 1.82) is 0 Å². The van der Waals surface area contributed by atoms with Crippen molar-refractivity contribution < 1.29 is 24.2 Å². The molecule has 1 N–H and O–H groups in total. The van der Waals surface area contributed by atoms with Crippen molar-refractivity contribution in [1.82, 2.24) is 9.80 Å². The standard InChI is InChI=1S/C29H33N3O5/c1-6-14-31-22-11-9-8-10-21(22)29(28(31)36)24(26(34)27(35)32(29)16-15-30(4)5)25(33)20-12-13-23(19(3)18-20)37-17-7-2/h7-13,18,33H,2,6,14-17H2,1,3-5H3/t29-/m0/s1. The van der Waals surface area contributed by atoms with E-state index < -0.39 is 23.1 Å². The minimum atomic E-state index is -1.74. The van der Waals surface area contributed by atoms with Gasteiger partial charge in [-0.15, -0.1) is 0 Å². The number of ether oxygens (including phenoxy) is 1. The Kier molecular flexibility index (Phi) is 7.23. The molecular weight excluding hydrogens is 470 g/mol. The summed E-state index contributed by atoms with van der Waals surface area (Å²) in [4.78, 5) is 46.3. The van der Waals surface area contributed by atoms with E-state index in [0.29, 0.717) is 48.7 Å². The monoisotopic (exact) mass is 503 g/mol. The van der Waals surface area contributed by atoms with E-state index in [9.17, 15) is 19.5 Å². The number of carbonyl (C=O) groups is 3. The van der Waals surface area contributed by atoms with Crippen molar-refractivity contribution in [2.45, 2.75) is 25.8 Å². The molecule has 0 radical (unpaired) electrons. The molecule has 0 aliphatic carbocycles. The Labute approximate surface area is 217 Å². The van der Waals surface area contributed by atoms with Gasteiger partial charge in [-0.1, -0.05) is 37.8 Å². The highest BCUT2D eigenvalue weighted by atomic mass is 16.5. The van der Waals surface area contributed by atoms with Gasteiger partial charge in [0.05, 0.1) is 11.3 Å². The van der Waals surface area contributed by atoms with Gasteiger partial charge in [-0.3, -0.25) is 14.4 Å². The molecule has 0 aromatic heterocycles. The van der Waals surface area contributed by atoms with Gasteiger partial charge in [0.1, 0.15) is 18.1 Å². The fourth-order valence-electron chi connectivity index (χ4n) is 5.16. The number of Topliss-reactive ketones (excluding diaryl/α,β-unsaturated/α-hetero) is 1. The lowest BCUT2D eigenvalue weighted by Gasteiger charge is -2.35. The summed E-state index contributed by atoms with van der Waals surface area (Å²) in [6, 6.07) is 12.2. The third kappa shape index (κ3) is 4.11. The number of aliphatic hydroxyl groups is 1. The Morgan fingerprint density at radius 2 is 1.86 bits per heavy atom. The van der Waals surface area contributed by atoms with Crippen molar-refractivity contribution in [3.8, 4) is 5.75 Å². The van der Waals surface area contributed by atoms with Crippen LogP contribution in [-0.4, -0.2) is 72.8 Å². The van der Waals surface area contributed by atoms with E-state index in [0.717, 1.165) is 5.56 Å². The van der Waals surface area contributed by atoms with Crippen LogP contribution in [0.2, 0.25) is 0 Å². The van der Waals surface area contributed by atoms with Crippen LogP contribution in [0.5, 0.6) is 5.75 Å². The second kappa shape index (κ2) is 10.2. The summed E-state index contributed by atoms with van der Waals surface area (Å²) in [5, 5.41) is 11.6. The highest BCUT2D eigenvalue weighted by molar-refractivity contribution is 6.50. The number of hydrogen-bond donors (Lipinski definition) is 1. The Morgan fingerprint density at radius 1 is 1.14 bits per heavy atom. The minimum absolute atomic E-state index is 0.141. The Balaban J connectivity index is 1.98. The van der Waals surface area contributed by atoms with Gasteiger partial charge in [0.15, 0.2) is 5.54 Å². The average Bonchev–Trinajstić information content (AvgIpc) is 3.25. The lowest BCUT2D eigenvalue weighted by atomic mass is 9.81. The molecule has 1 saturated heterocycles. The highest BCUT2D eigenvalue weighted by Gasteiger charge is 2.66. The molecule has 4 rings (SSSR count). The van der Waals surface area contributed by atoms with E-state index in [-0.39, 0.29) is 17.9 Å². The zero-order valence-corrected chi connectivity index (χ0v) is 21.8. The van der Waals surface area contributed by atoms with Crippen molar-refractivity contribution in [2.75, 3.05) is 45.2 Å². The van der Waals surface area contributed by atoms with E-state index in [2.05, 4.69) is 6.58 Å². The molecule has 37 heavy (non-hydrogen) atoms. The molecule has 2 aliphatic rings. The number of aryl methyl sites for hydroxylation is 1. The number of anilines is 1. The van der Waals surface area contributed by atoms with Crippen LogP contribution in [0.3, 0.4) is 0 Å². The number of hydrogen-bond acceptors (Lipinski definition) is 6. The summed E-state index contributed by atoms with van der Waals surface area (Å²) in [5.74, 6) is -1.85. The molecule has 2 aromatic carbocycles. The molecule has 0 saturated carbocycles. The van der Waals surface area contributed by atoms with Gasteiger partial charge in [0.25, 0.3) is 17.6 Å². The first kappa shape index (κ1) is 26.2. The van der Waals surface area contributed by atoms with E-state index in [4.69, 9.17) is 4.74 Å². The maximum absolute atomic E-state index is 14.3. The number of nitrogens with zero attached hydrogens (tertiary/aromatic N) is 3. The third-order valence-corrected chi connectivity index (χ3v) is 6.83. The number of aliphatic hydroxyl groups excluding tert-OH is 1. The zero-order chi connectivity index (χ0) is 26.9. The van der Waals surface area contributed by atoms with Gasteiger partial charge in [-0.2, -0.15) is 0 Å². The maximum atomic E-state index is 14.3. The van der Waals surface area contributed by atoms with Crippen LogP contribution in [0.1, 0.15) is 30.0 Å². The van der Waals surface area contributed by atoms with Crippen LogP contribution < -0.4 is 9.64 Å². The molecule has 0 bridgehead atoms. The van der Waals surface area contributed by atoms with Crippen molar-refractivity contribution in [2.24, 2.45) is 0 Å². The largest absolute Gasteiger partial charge is 0.507 e. The summed E-state index contributed by atoms with van der Waals surface area (Å²) in [6.45, 7) is 8.75. The molecule has 2 aliphatic heterocycles. The van der Waals surface area contributed by atoms with Crippen LogP contribution in [-0.2, 0) is 19.9 Å². The Bertz CT molecular complexity index is 1300. The fraction of sp³-hybridized carbons (Fsp3) is 0.345. The van der Waals surface area contributed by atoms with Gasteiger partial charge in [0.2, 0.25) is 0 Å². The fourth-order valence-corrected chi connectivity index (χ4v) is 5.16. The number of fused-ring (bicyclic) bond motifs is 2. The van der Waals surface area contributed by atoms with Gasteiger partial charge < -0.3 is 24.5 Å². The number of carbonyl (C=O) groups excluding carboxylic acids is 3. The average molecular weight is 504 g/mol. The normalized spacial score (nSPS) is 20.3. The molecule has 0 unspecified atom stereocenters. The van der Waals surface area contributed by atoms with Gasteiger partial charge >= 0.3 is 0 Å². The smallest absolute Gasteiger partial charge is 0.296 e. The second-order valence-corrected chi connectivity index (χ2v) is 9.58. The van der Waals surface area contributed by atoms with E-state index in [1.54, 1.807) is 41.3 Å². The first-order valence-electron chi connectivity index (χ1n) is 12.4. The predicted octanol–water partition coefficient (Wildman–Crippen LogP) is 3.45. The molecule has 1 atom stereocenters. The number of rotatable bonds is 9. The lowest BCUT2D eigenvalue weighted by molar-refractivity contribution is -0.143. The summed E-state index contributed by atoms with van der Waals surface area (Å²) in [7, 11) is 3.71. The van der Waals surface area contributed by atoms with E-state index >= 15 is 0 Å². The summed E-state index contributed by atoms with van der Waals surface area (Å²) in [6.07, 6.45) is 2.32. The Morgan fingerprint density at radius 3 is 2.51 bits per heavy atom. The molecule has 1 fully saturated rings. The van der Waals surface area contributed by atoms with Crippen LogP contribution in [0.25, 0.3) is 5.76 Å². The summed E-state index contributed by atoms with van der Waals surface area (Å²) < 4.78 is 5.64. The molecule has 8 nitrogen and oxygen atoms in total. The van der Waals surface area contributed by atoms with E-state index in [1.807, 2.05) is 45.0 Å². The third-order valence-electron chi connectivity index (χ3n) is 6.83. The second-order valence-electron chi connectivity index (χ2n) is 9.58.